The molecule has 0 aliphatic heterocycles. The Labute approximate surface area is 63.2 Å². The van der Waals surface area contributed by atoms with Crippen molar-refractivity contribution >= 4 is 5.69 Å². The molecule has 1 radical (unpaired) electrons. The number of hydrogen-bond donors (Lipinski definition) is 1. The molecule has 0 amide bonds. The smallest absolute Gasteiger partial charge is 0.270 e. The highest BCUT2D eigenvalue weighted by Crippen LogP contribution is 2.10. The molecule has 0 saturated carbocycles. The highest BCUT2D eigenvalue weighted by atomic mass is 16.6. The van der Waals surface area contributed by atoms with Crippen LogP contribution in [0.5, 0.6) is 0 Å². The molecular formula is C7H6NO3. The number of rotatable bonds is 2. The second-order valence-corrected chi connectivity index (χ2v) is 1.99. The molecule has 0 bridgehead atoms. The monoisotopic (exact) mass is 152 g/mol. The van der Waals surface area contributed by atoms with Gasteiger partial charge in [0.25, 0.3) is 5.69 Å². The molecular weight excluding hydrogens is 146 g/mol. The van der Waals surface area contributed by atoms with E-state index in [1.165, 1.54) is 18.2 Å². The Morgan fingerprint density at radius 1 is 1.64 bits per heavy atom. The number of hydrogen-bond acceptors (Lipinski definition) is 3. The third-order valence-corrected chi connectivity index (χ3v) is 1.24. The highest BCUT2D eigenvalue weighted by molar-refractivity contribution is 5.31. The van der Waals surface area contributed by atoms with E-state index in [0.717, 1.165) is 0 Å². The summed E-state index contributed by atoms with van der Waals surface area (Å²) >= 11 is 0. The molecule has 4 nitrogen and oxygen atoms in total. The minimum atomic E-state index is -0.502. The first-order valence-corrected chi connectivity index (χ1v) is 3.00. The first kappa shape index (κ1) is 7.68. The van der Waals surface area contributed by atoms with Crippen molar-refractivity contribution in [1.29, 1.82) is 0 Å². The van der Waals surface area contributed by atoms with Crippen LogP contribution in [-0.4, -0.2) is 10.0 Å². The Hall–Kier alpha value is -1.42. The molecule has 0 aromatic heterocycles. The fourth-order valence-corrected chi connectivity index (χ4v) is 0.661. The van der Waals surface area contributed by atoms with Gasteiger partial charge in [-0.3, -0.25) is 10.1 Å². The molecule has 0 heterocycles. The van der Waals surface area contributed by atoms with Crippen LogP contribution in [0.25, 0.3) is 0 Å². The molecule has 1 rings (SSSR count). The van der Waals surface area contributed by atoms with Gasteiger partial charge >= 0.3 is 0 Å². The summed E-state index contributed by atoms with van der Waals surface area (Å²) in [6.07, 6.45) is 0. The van der Waals surface area contributed by atoms with Gasteiger partial charge in [0, 0.05) is 12.1 Å². The summed E-state index contributed by atoms with van der Waals surface area (Å²) in [6.45, 7) is -0.141. The maximum absolute atomic E-state index is 10.1. The molecule has 4 heteroatoms. The number of nitrogens with zero attached hydrogens (tertiary/aromatic N) is 1. The van der Waals surface area contributed by atoms with Gasteiger partial charge in [0.1, 0.15) is 0 Å². The highest BCUT2D eigenvalue weighted by Gasteiger charge is 2.02. The lowest BCUT2D eigenvalue weighted by molar-refractivity contribution is -0.384. The number of aliphatic hydroxyl groups is 1. The number of benzene rings is 1. The predicted molar refractivity (Wildman–Crippen MR) is 37.9 cm³/mol. The lowest BCUT2D eigenvalue weighted by atomic mass is 10.2. The summed E-state index contributed by atoms with van der Waals surface area (Å²) in [6, 6.07) is 6.62. The first-order chi connectivity index (χ1) is 5.24. The molecule has 1 aromatic rings. The molecule has 0 unspecified atom stereocenters. The minimum Gasteiger partial charge on any atom is -0.392 e. The van der Waals surface area contributed by atoms with Crippen LogP contribution in [0.1, 0.15) is 5.56 Å². The summed E-state index contributed by atoms with van der Waals surface area (Å²) in [7, 11) is 0. The molecule has 0 saturated heterocycles. The van der Waals surface area contributed by atoms with Crippen LogP contribution >= 0.6 is 0 Å². The molecule has 0 atom stereocenters. The van der Waals surface area contributed by atoms with Crippen LogP contribution < -0.4 is 0 Å². The summed E-state index contributed by atoms with van der Waals surface area (Å²) in [5.41, 5.74) is 0.540. The zero-order valence-electron chi connectivity index (χ0n) is 5.65. The van der Waals surface area contributed by atoms with Gasteiger partial charge in [0.2, 0.25) is 0 Å². The standard InChI is InChI=1S/C7H6NO3/c9-5-6-1-3-7(4-2-6)8(10)11/h1,3-4,9H,5H2. The van der Waals surface area contributed by atoms with Crippen molar-refractivity contribution < 1.29 is 10.0 Å². The fourth-order valence-electron chi connectivity index (χ4n) is 0.661. The Morgan fingerprint density at radius 2 is 2.36 bits per heavy atom. The van der Waals surface area contributed by atoms with Crippen LogP contribution in [0, 0.1) is 16.2 Å². The lowest BCUT2D eigenvalue weighted by Gasteiger charge is -1.92. The number of aliphatic hydroxyl groups excluding tert-OH is 1. The maximum atomic E-state index is 10.1. The third-order valence-electron chi connectivity index (χ3n) is 1.24. The average molecular weight is 152 g/mol. The van der Waals surface area contributed by atoms with Gasteiger partial charge in [-0.25, -0.2) is 0 Å². The van der Waals surface area contributed by atoms with Gasteiger partial charge in [-0.05, 0) is 17.7 Å². The number of non-ortho nitro benzene ring substituents is 1. The topological polar surface area (TPSA) is 63.4 Å². The normalized spacial score (nSPS) is 9.55. The predicted octanol–water partition coefficient (Wildman–Crippen LogP) is 0.887. The van der Waals surface area contributed by atoms with Gasteiger partial charge < -0.3 is 5.11 Å². The molecule has 57 valence electrons. The molecule has 0 fully saturated rings. The van der Waals surface area contributed by atoms with Gasteiger partial charge in [0.15, 0.2) is 0 Å². The van der Waals surface area contributed by atoms with Crippen molar-refractivity contribution in [2.75, 3.05) is 0 Å². The Bertz CT molecular complexity index is 255. The molecule has 0 aliphatic carbocycles. The molecule has 1 aromatic carbocycles. The van der Waals surface area contributed by atoms with Crippen LogP contribution in [-0.2, 0) is 6.61 Å². The fraction of sp³-hybridized carbons (Fsp3) is 0.143. The molecule has 1 N–H and O–H groups in total. The van der Waals surface area contributed by atoms with Crippen molar-refractivity contribution in [2.24, 2.45) is 0 Å². The molecule has 0 aliphatic rings. The first-order valence-electron chi connectivity index (χ1n) is 3.00. The zero-order valence-corrected chi connectivity index (χ0v) is 5.65. The van der Waals surface area contributed by atoms with E-state index >= 15 is 0 Å². The summed E-state index contributed by atoms with van der Waals surface area (Å²) in [5, 5.41) is 18.7. The average Bonchev–Trinajstić information content (AvgIpc) is 2.05. The van der Waals surface area contributed by atoms with Crippen molar-refractivity contribution in [3.8, 4) is 0 Å². The summed E-state index contributed by atoms with van der Waals surface area (Å²) in [4.78, 5) is 9.62. The van der Waals surface area contributed by atoms with Gasteiger partial charge in [0.05, 0.1) is 11.5 Å². The van der Waals surface area contributed by atoms with Crippen molar-refractivity contribution in [3.63, 3.8) is 0 Å². The molecule has 11 heavy (non-hydrogen) atoms. The lowest BCUT2D eigenvalue weighted by Crippen LogP contribution is -1.88. The zero-order chi connectivity index (χ0) is 8.27. The van der Waals surface area contributed by atoms with Crippen LogP contribution in [0.4, 0.5) is 5.69 Å². The summed E-state index contributed by atoms with van der Waals surface area (Å²) in [5.74, 6) is 0. The van der Waals surface area contributed by atoms with Gasteiger partial charge in [-0.1, -0.05) is 0 Å². The third kappa shape index (κ3) is 1.75. The second kappa shape index (κ2) is 3.12. The SMILES string of the molecule is O=[N+]([O-])c1c[c]c(CO)cc1. The van der Waals surface area contributed by atoms with Gasteiger partial charge in [-0.2, -0.15) is 0 Å². The van der Waals surface area contributed by atoms with Crippen LogP contribution in [0.3, 0.4) is 0 Å². The Morgan fingerprint density at radius 3 is 2.73 bits per heavy atom. The largest absolute Gasteiger partial charge is 0.392 e. The van der Waals surface area contributed by atoms with E-state index in [-0.39, 0.29) is 12.3 Å². The van der Waals surface area contributed by atoms with Crippen molar-refractivity contribution in [3.05, 3.63) is 39.9 Å². The van der Waals surface area contributed by atoms with E-state index in [9.17, 15) is 10.1 Å². The van der Waals surface area contributed by atoms with Crippen molar-refractivity contribution in [2.45, 2.75) is 6.61 Å². The van der Waals surface area contributed by atoms with E-state index in [0.29, 0.717) is 5.56 Å². The van der Waals surface area contributed by atoms with E-state index in [1.807, 2.05) is 0 Å². The van der Waals surface area contributed by atoms with Crippen LogP contribution in [0.15, 0.2) is 18.2 Å². The van der Waals surface area contributed by atoms with E-state index in [1.54, 1.807) is 0 Å². The number of nitro benzene ring substituents is 1. The molecule has 0 spiro atoms. The maximum Gasteiger partial charge on any atom is 0.270 e. The Kier molecular flexibility index (Phi) is 2.18. The van der Waals surface area contributed by atoms with E-state index in [4.69, 9.17) is 5.11 Å². The van der Waals surface area contributed by atoms with Crippen molar-refractivity contribution in [1.82, 2.24) is 0 Å². The van der Waals surface area contributed by atoms with Gasteiger partial charge in [-0.15, -0.1) is 0 Å². The number of nitro groups is 1. The minimum absolute atomic E-state index is 0.0119. The summed E-state index contributed by atoms with van der Waals surface area (Å²) < 4.78 is 0. The van der Waals surface area contributed by atoms with E-state index in [2.05, 4.69) is 6.07 Å². The Balaban J connectivity index is 2.91. The second-order valence-electron chi connectivity index (χ2n) is 1.99. The van der Waals surface area contributed by atoms with Crippen LogP contribution in [0.2, 0.25) is 0 Å². The quantitative estimate of drug-likeness (QED) is 0.505. The van der Waals surface area contributed by atoms with E-state index < -0.39 is 4.92 Å².